The first-order chi connectivity index (χ1) is 15.9. The van der Waals surface area contributed by atoms with E-state index in [1.807, 2.05) is 36.4 Å². The number of nitrogens with zero attached hydrogens (tertiary/aromatic N) is 2. The first-order valence-corrected chi connectivity index (χ1v) is 11.7. The maximum atomic E-state index is 12.4. The van der Waals surface area contributed by atoms with E-state index in [1.165, 1.54) is 12.2 Å². The lowest BCUT2D eigenvalue weighted by atomic mass is 9.95. The number of benzene rings is 2. The number of imide groups is 1. The number of halogens is 1. The third kappa shape index (κ3) is 5.03. The number of fused-ring (bicyclic) bond motifs is 1. The highest BCUT2D eigenvalue weighted by Crippen LogP contribution is 2.28. The molecule has 0 unspecified atom stereocenters. The highest BCUT2D eigenvalue weighted by Gasteiger charge is 2.28. The molecule has 2 heterocycles. The number of amides is 3. The summed E-state index contributed by atoms with van der Waals surface area (Å²) in [5.41, 5.74) is 3.43. The van der Waals surface area contributed by atoms with Gasteiger partial charge in [-0.1, -0.05) is 0 Å². The van der Waals surface area contributed by atoms with Crippen LogP contribution in [0.1, 0.15) is 28.8 Å². The van der Waals surface area contributed by atoms with Gasteiger partial charge in [-0.25, -0.2) is 5.06 Å². The zero-order valence-corrected chi connectivity index (χ0v) is 20.6. The monoisotopic (exact) mass is 560 g/mol. The van der Waals surface area contributed by atoms with Gasteiger partial charge in [0.05, 0.1) is 12.7 Å². The van der Waals surface area contributed by atoms with E-state index in [4.69, 9.17) is 4.84 Å². The lowest BCUT2D eigenvalue weighted by molar-refractivity contribution is -0.174. The minimum absolute atomic E-state index is 0.0155. The van der Waals surface area contributed by atoms with Crippen LogP contribution in [0, 0.1) is 9.49 Å². The summed E-state index contributed by atoms with van der Waals surface area (Å²) < 4.78 is 0.948. The molecule has 3 amide bonds. The molecule has 172 valence electrons. The van der Waals surface area contributed by atoms with Crippen LogP contribution in [0.5, 0.6) is 0 Å². The number of carbonyl (C=O) groups is 3. The number of nitrogens with one attached hydrogen (secondary N) is 2. The fourth-order valence-electron chi connectivity index (χ4n) is 4.10. The number of hydrogen-bond donors (Lipinski definition) is 2. The smallest absolute Gasteiger partial charge is 0.260 e. The van der Waals surface area contributed by atoms with Crippen LogP contribution in [-0.4, -0.2) is 50.0 Å². The summed E-state index contributed by atoms with van der Waals surface area (Å²) in [5, 5.41) is 6.86. The normalized spacial score (nSPS) is 17.5. The van der Waals surface area contributed by atoms with Crippen LogP contribution in [0.25, 0.3) is 5.57 Å². The molecule has 0 bridgehead atoms. The van der Waals surface area contributed by atoms with Crippen molar-refractivity contribution in [3.05, 3.63) is 63.4 Å². The summed E-state index contributed by atoms with van der Waals surface area (Å²) in [6.45, 7) is 1.60. The summed E-state index contributed by atoms with van der Waals surface area (Å²) in [6.07, 6.45) is 3.20. The van der Waals surface area contributed by atoms with E-state index in [1.54, 1.807) is 19.3 Å². The van der Waals surface area contributed by atoms with Gasteiger partial charge in [-0.3, -0.25) is 24.5 Å². The van der Waals surface area contributed by atoms with Gasteiger partial charge in [0.25, 0.3) is 11.8 Å². The summed E-state index contributed by atoms with van der Waals surface area (Å²) >= 11 is 2.16. The average molecular weight is 560 g/mol. The molecule has 4 rings (SSSR count). The molecule has 0 aromatic heterocycles. The second-order valence-electron chi connectivity index (χ2n) is 8.00. The first kappa shape index (κ1) is 23.2. The summed E-state index contributed by atoms with van der Waals surface area (Å²) in [6, 6.07) is 13.3. The Bertz CT molecular complexity index is 1110. The van der Waals surface area contributed by atoms with E-state index in [2.05, 4.69) is 38.1 Å². The van der Waals surface area contributed by atoms with E-state index >= 15 is 0 Å². The van der Waals surface area contributed by atoms with Crippen molar-refractivity contribution in [2.24, 2.45) is 5.92 Å². The summed E-state index contributed by atoms with van der Waals surface area (Å²) in [7, 11) is 3.14. The van der Waals surface area contributed by atoms with Crippen LogP contribution in [0.4, 0.5) is 11.4 Å². The Hall–Kier alpha value is -2.92. The molecular formula is C24H25IN4O4. The van der Waals surface area contributed by atoms with E-state index in [0.717, 1.165) is 40.9 Å². The van der Waals surface area contributed by atoms with E-state index in [9.17, 15) is 14.4 Å². The van der Waals surface area contributed by atoms with Crippen LogP contribution in [0.3, 0.4) is 0 Å². The van der Waals surface area contributed by atoms with Crippen molar-refractivity contribution in [2.75, 3.05) is 37.5 Å². The fraction of sp³-hybridized carbons (Fsp3) is 0.292. The van der Waals surface area contributed by atoms with Gasteiger partial charge in [0, 0.05) is 58.3 Å². The number of hydrogen-bond acceptors (Lipinski definition) is 6. The highest BCUT2D eigenvalue weighted by molar-refractivity contribution is 14.1. The minimum Gasteiger partial charge on any atom is -0.371 e. The van der Waals surface area contributed by atoms with Crippen molar-refractivity contribution in [2.45, 2.75) is 12.8 Å². The highest BCUT2D eigenvalue weighted by atomic mass is 127. The van der Waals surface area contributed by atoms with Gasteiger partial charge in [0.15, 0.2) is 0 Å². The SMILES string of the molecule is CON(C)C(=O)C1CCN(c2ccc(NC=C3C(=O)NC(=O)c4ccc(I)cc43)cc2)CC1. The molecule has 33 heavy (non-hydrogen) atoms. The molecule has 2 N–H and O–H groups in total. The van der Waals surface area contributed by atoms with Crippen molar-refractivity contribution in [1.29, 1.82) is 0 Å². The maximum Gasteiger partial charge on any atom is 0.260 e. The molecule has 2 aromatic carbocycles. The van der Waals surface area contributed by atoms with Crippen LogP contribution in [0.15, 0.2) is 48.7 Å². The predicted octanol–water partition coefficient (Wildman–Crippen LogP) is 3.25. The van der Waals surface area contributed by atoms with E-state index in [0.29, 0.717) is 16.7 Å². The topological polar surface area (TPSA) is 91.0 Å². The van der Waals surface area contributed by atoms with Crippen LogP contribution in [-0.2, 0) is 14.4 Å². The molecule has 2 aliphatic heterocycles. The lowest BCUT2D eigenvalue weighted by Crippen LogP contribution is -2.41. The maximum absolute atomic E-state index is 12.4. The Labute approximate surface area is 206 Å². The molecule has 0 aliphatic carbocycles. The second-order valence-corrected chi connectivity index (χ2v) is 9.25. The van der Waals surface area contributed by atoms with Gasteiger partial charge in [0.1, 0.15) is 0 Å². The first-order valence-electron chi connectivity index (χ1n) is 10.7. The third-order valence-electron chi connectivity index (χ3n) is 6.03. The van der Waals surface area contributed by atoms with Crippen molar-refractivity contribution >= 4 is 57.3 Å². The minimum atomic E-state index is -0.421. The number of rotatable bonds is 5. The molecule has 1 saturated heterocycles. The zero-order valence-electron chi connectivity index (χ0n) is 18.4. The quantitative estimate of drug-likeness (QED) is 0.253. The molecule has 0 atom stereocenters. The van der Waals surface area contributed by atoms with E-state index < -0.39 is 5.91 Å². The molecule has 9 heteroatoms. The Balaban J connectivity index is 1.42. The van der Waals surface area contributed by atoms with E-state index in [-0.39, 0.29) is 17.7 Å². The van der Waals surface area contributed by atoms with Gasteiger partial charge in [0.2, 0.25) is 5.91 Å². The van der Waals surface area contributed by atoms with Crippen LogP contribution < -0.4 is 15.5 Å². The largest absolute Gasteiger partial charge is 0.371 e. The van der Waals surface area contributed by atoms with Crippen molar-refractivity contribution in [3.8, 4) is 0 Å². The lowest BCUT2D eigenvalue weighted by Gasteiger charge is -2.34. The Morgan fingerprint density at radius 1 is 1.12 bits per heavy atom. The molecular weight excluding hydrogens is 535 g/mol. The summed E-state index contributed by atoms with van der Waals surface area (Å²) in [5.74, 6) is -0.796. The zero-order chi connectivity index (χ0) is 23.5. The molecule has 0 saturated carbocycles. The van der Waals surface area contributed by atoms with Gasteiger partial charge in [-0.05, 0) is 77.9 Å². The molecule has 8 nitrogen and oxygen atoms in total. The van der Waals surface area contributed by atoms with Crippen LogP contribution in [0.2, 0.25) is 0 Å². The van der Waals surface area contributed by atoms with Gasteiger partial charge in [-0.2, -0.15) is 0 Å². The van der Waals surface area contributed by atoms with Gasteiger partial charge < -0.3 is 10.2 Å². The van der Waals surface area contributed by atoms with Crippen LogP contribution >= 0.6 is 22.6 Å². The van der Waals surface area contributed by atoms with Crippen molar-refractivity contribution in [1.82, 2.24) is 10.4 Å². The second kappa shape index (κ2) is 9.92. The standard InChI is InChI=1S/C24H25IN4O4/c1-28(33-2)24(32)15-9-11-29(12-10-15)18-6-4-17(5-7-18)26-14-21-20-13-16(25)3-8-19(20)22(30)27-23(21)31/h3-8,13-15,26H,9-12H2,1-2H3,(H,27,30,31). The Kier molecular flexibility index (Phi) is 6.99. The van der Waals surface area contributed by atoms with Crippen molar-refractivity contribution < 1.29 is 19.2 Å². The molecule has 2 aromatic rings. The third-order valence-corrected chi connectivity index (χ3v) is 6.70. The molecule has 2 aliphatic rings. The molecule has 1 fully saturated rings. The number of hydroxylamine groups is 2. The van der Waals surface area contributed by atoms with Gasteiger partial charge >= 0.3 is 0 Å². The number of anilines is 2. The Morgan fingerprint density at radius 3 is 2.48 bits per heavy atom. The summed E-state index contributed by atoms with van der Waals surface area (Å²) in [4.78, 5) is 44.1. The molecule has 0 spiro atoms. The fourth-order valence-corrected chi connectivity index (χ4v) is 4.59. The Morgan fingerprint density at radius 2 is 1.82 bits per heavy atom. The predicted molar refractivity (Wildman–Crippen MR) is 134 cm³/mol. The van der Waals surface area contributed by atoms with Gasteiger partial charge in [-0.15, -0.1) is 0 Å². The number of piperidine rings is 1. The number of carbonyl (C=O) groups excluding carboxylic acids is 3. The average Bonchev–Trinajstić information content (AvgIpc) is 2.83. The van der Waals surface area contributed by atoms with Crippen molar-refractivity contribution in [3.63, 3.8) is 0 Å². The molecule has 0 radical (unpaired) electrons.